The summed E-state index contributed by atoms with van der Waals surface area (Å²) in [4.78, 5) is 0. The lowest BCUT2D eigenvalue weighted by atomic mass is 9.84. The monoisotopic (exact) mass is 270 g/mol. The summed E-state index contributed by atoms with van der Waals surface area (Å²) in [5, 5.41) is 0. The predicted molar refractivity (Wildman–Crippen MR) is 78.4 cm³/mol. The molecule has 0 saturated carbocycles. The third-order valence-electron chi connectivity index (χ3n) is 3.98. The summed E-state index contributed by atoms with van der Waals surface area (Å²) < 4.78 is 20.8. The minimum absolute atomic E-state index is 0.0207. The Hall–Kier alpha value is -1.67. The van der Waals surface area contributed by atoms with Gasteiger partial charge in [0.1, 0.15) is 6.17 Å². The normalized spacial score (nSPS) is 21.6. The van der Waals surface area contributed by atoms with E-state index in [1.165, 1.54) is 0 Å². The van der Waals surface area contributed by atoms with Gasteiger partial charge in [0, 0.05) is 12.5 Å². The highest BCUT2D eigenvalue weighted by atomic mass is 19.1. The highest BCUT2D eigenvalue weighted by Gasteiger charge is 2.34. The quantitative estimate of drug-likeness (QED) is 0.785. The molecule has 0 spiro atoms. The molecule has 0 aliphatic carbocycles. The maximum absolute atomic E-state index is 15.1. The van der Waals surface area contributed by atoms with Crippen LogP contribution in [0, 0.1) is 0 Å². The average molecular weight is 270 g/mol. The molecule has 0 radical (unpaired) electrons. The van der Waals surface area contributed by atoms with Crippen molar-refractivity contribution in [2.75, 3.05) is 6.61 Å². The molecule has 1 saturated heterocycles. The van der Waals surface area contributed by atoms with Crippen LogP contribution in [0.15, 0.2) is 60.7 Å². The van der Waals surface area contributed by atoms with E-state index in [0.717, 1.165) is 30.6 Å². The van der Waals surface area contributed by atoms with Crippen molar-refractivity contribution in [1.29, 1.82) is 0 Å². The van der Waals surface area contributed by atoms with Crippen molar-refractivity contribution < 1.29 is 9.13 Å². The first-order valence-electron chi connectivity index (χ1n) is 7.22. The Kier molecular flexibility index (Phi) is 4.12. The summed E-state index contributed by atoms with van der Waals surface area (Å²) in [5.41, 5.74) is 1.76. The van der Waals surface area contributed by atoms with Crippen LogP contribution in [0.2, 0.25) is 0 Å². The molecule has 20 heavy (non-hydrogen) atoms. The molecule has 2 aromatic rings. The molecule has 1 aliphatic rings. The zero-order valence-corrected chi connectivity index (χ0v) is 11.4. The van der Waals surface area contributed by atoms with Gasteiger partial charge in [-0.3, -0.25) is 0 Å². The first-order valence-corrected chi connectivity index (χ1v) is 7.22. The van der Waals surface area contributed by atoms with E-state index in [2.05, 4.69) is 0 Å². The fourth-order valence-corrected chi connectivity index (χ4v) is 2.98. The number of rotatable bonds is 4. The van der Waals surface area contributed by atoms with Crippen LogP contribution in [0.25, 0.3) is 0 Å². The second-order valence-electron chi connectivity index (χ2n) is 5.30. The fourth-order valence-electron chi connectivity index (χ4n) is 2.98. The van der Waals surface area contributed by atoms with Crippen LogP contribution in [-0.2, 0) is 4.74 Å². The fraction of sp³-hybridized carbons (Fsp3) is 0.333. The van der Waals surface area contributed by atoms with Gasteiger partial charge in [-0.1, -0.05) is 60.7 Å². The molecule has 1 nitrogen and oxygen atoms in total. The van der Waals surface area contributed by atoms with E-state index in [4.69, 9.17) is 4.74 Å². The summed E-state index contributed by atoms with van der Waals surface area (Å²) in [6.07, 6.45) is 0.914. The summed E-state index contributed by atoms with van der Waals surface area (Å²) in [7, 11) is 0. The smallest absolute Gasteiger partial charge is 0.134 e. The topological polar surface area (TPSA) is 9.23 Å². The van der Waals surface area contributed by atoms with Crippen LogP contribution in [0.3, 0.4) is 0 Å². The molecule has 0 aromatic heterocycles. The standard InChI is InChI=1S/C18H19FO/c19-18(15-10-5-2-6-11-15)17(16-12-7-13-20-16)14-8-3-1-4-9-14/h1-6,8-11,16-18H,7,12-13H2. The summed E-state index contributed by atoms with van der Waals surface area (Å²) in [5.74, 6) is -0.221. The van der Waals surface area contributed by atoms with E-state index in [1.54, 1.807) is 0 Å². The van der Waals surface area contributed by atoms with E-state index in [-0.39, 0.29) is 12.0 Å². The van der Waals surface area contributed by atoms with Gasteiger partial charge < -0.3 is 4.74 Å². The van der Waals surface area contributed by atoms with Crippen molar-refractivity contribution in [2.45, 2.75) is 31.0 Å². The Labute approximate surface area is 119 Å². The highest BCUT2D eigenvalue weighted by molar-refractivity contribution is 5.28. The van der Waals surface area contributed by atoms with Crippen molar-refractivity contribution >= 4 is 0 Å². The van der Waals surface area contributed by atoms with E-state index >= 15 is 4.39 Å². The van der Waals surface area contributed by atoms with Crippen molar-refractivity contribution in [3.05, 3.63) is 71.8 Å². The molecule has 1 fully saturated rings. The lowest BCUT2D eigenvalue weighted by Crippen LogP contribution is -2.22. The molecule has 104 valence electrons. The van der Waals surface area contributed by atoms with E-state index < -0.39 is 6.17 Å². The lowest BCUT2D eigenvalue weighted by Gasteiger charge is -2.27. The van der Waals surface area contributed by atoms with Crippen LogP contribution in [-0.4, -0.2) is 12.7 Å². The summed E-state index contributed by atoms with van der Waals surface area (Å²) in [6, 6.07) is 19.3. The minimum Gasteiger partial charge on any atom is -0.377 e. The molecular weight excluding hydrogens is 251 g/mol. The molecule has 0 amide bonds. The lowest BCUT2D eigenvalue weighted by molar-refractivity contribution is 0.0592. The van der Waals surface area contributed by atoms with E-state index in [0.29, 0.717) is 0 Å². The van der Waals surface area contributed by atoms with Crippen molar-refractivity contribution in [3.8, 4) is 0 Å². The molecule has 2 aromatic carbocycles. The Morgan fingerprint density at radius 1 is 0.900 bits per heavy atom. The molecule has 0 bridgehead atoms. The van der Waals surface area contributed by atoms with Gasteiger partial charge in [0.25, 0.3) is 0 Å². The number of alkyl halides is 1. The number of ether oxygens (including phenoxy) is 1. The molecular formula is C18H19FO. The number of benzene rings is 2. The molecule has 3 unspecified atom stereocenters. The van der Waals surface area contributed by atoms with Gasteiger partial charge in [-0.05, 0) is 24.0 Å². The van der Waals surface area contributed by atoms with Crippen LogP contribution in [0.5, 0.6) is 0 Å². The molecule has 3 atom stereocenters. The Bertz CT molecular complexity index is 520. The zero-order valence-electron chi connectivity index (χ0n) is 11.4. The van der Waals surface area contributed by atoms with Crippen molar-refractivity contribution in [3.63, 3.8) is 0 Å². The van der Waals surface area contributed by atoms with E-state index in [1.807, 2.05) is 60.7 Å². The Morgan fingerprint density at radius 2 is 1.50 bits per heavy atom. The van der Waals surface area contributed by atoms with Gasteiger partial charge in [0.05, 0.1) is 6.10 Å². The number of hydrogen-bond acceptors (Lipinski definition) is 1. The largest absolute Gasteiger partial charge is 0.377 e. The van der Waals surface area contributed by atoms with Crippen LogP contribution in [0.1, 0.15) is 36.1 Å². The summed E-state index contributed by atoms with van der Waals surface area (Å²) in [6.45, 7) is 0.746. The molecule has 2 heteroatoms. The second-order valence-corrected chi connectivity index (χ2v) is 5.30. The second kappa shape index (κ2) is 6.19. The summed E-state index contributed by atoms with van der Waals surface area (Å²) >= 11 is 0. The zero-order chi connectivity index (χ0) is 13.8. The minimum atomic E-state index is -1.03. The Balaban J connectivity index is 1.93. The van der Waals surface area contributed by atoms with Crippen LogP contribution >= 0.6 is 0 Å². The van der Waals surface area contributed by atoms with Gasteiger partial charge in [-0.2, -0.15) is 0 Å². The molecule has 3 rings (SSSR count). The van der Waals surface area contributed by atoms with Gasteiger partial charge >= 0.3 is 0 Å². The first-order chi connectivity index (χ1) is 9.86. The average Bonchev–Trinajstić information content (AvgIpc) is 3.03. The third-order valence-corrected chi connectivity index (χ3v) is 3.98. The SMILES string of the molecule is FC(c1ccccc1)C(c1ccccc1)C1CCCO1. The third kappa shape index (κ3) is 2.75. The van der Waals surface area contributed by atoms with Crippen molar-refractivity contribution in [1.82, 2.24) is 0 Å². The molecule has 1 aliphatic heterocycles. The number of halogens is 1. The van der Waals surface area contributed by atoms with Crippen LogP contribution in [0.4, 0.5) is 4.39 Å². The first kappa shape index (κ1) is 13.3. The maximum atomic E-state index is 15.1. The van der Waals surface area contributed by atoms with Crippen LogP contribution < -0.4 is 0 Å². The van der Waals surface area contributed by atoms with Gasteiger partial charge in [-0.25, -0.2) is 4.39 Å². The van der Waals surface area contributed by atoms with Gasteiger partial charge in [0.15, 0.2) is 0 Å². The highest BCUT2D eigenvalue weighted by Crippen LogP contribution is 2.40. The molecule has 1 heterocycles. The van der Waals surface area contributed by atoms with E-state index in [9.17, 15) is 0 Å². The molecule has 0 N–H and O–H groups in total. The Morgan fingerprint density at radius 3 is 2.05 bits per heavy atom. The maximum Gasteiger partial charge on any atom is 0.134 e. The number of hydrogen-bond donors (Lipinski definition) is 0. The van der Waals surface area contributed by atoms with Gasteiger partial charge in [-0.15, -0.1) is 0 Å². The van der Waals surface area contributed by atoms with Gasteiger partial charge in [0.2, 0.25) is 0 Å². The van der Waals surface area contributed by atoms with Crippen molar-refractivity contribution in [2.24, 2.45) is 0 Å². The predicted octanol–water partition coefficient (Wildman–Crippen LogP) is 4.66.